The van der Waals surface area contributed by atoms with E-state index < -0.39 is 5.91 Å². The molecule has 0 saturated heterocycles. The topological polar surface area (TPSA) is 93.0 Å². The van der Waals surface area contributed by atoms with Crippen molar-refractivity contribution in [2.24, 2.45) is 4.99 Å². The second-order valence-corrected chi connectivity index (χ2v) is 8.79. The van der Waals surface area contributed by atoms with Crippen LogP contribution in [-0.2, 0) is 15.1 Å². The molecule has 0 aromatic heterocycles. The number of rotatable bonds is 7. The number of hydrogen-bond donors (Lipinski definition) is 2. The first-order chi connectivity index (χ1) is 16.3. The van der Waals surface area contributed by atoms with E-state index in [-0.39, 0.29) is 17.7 Å². The lowest BCUT2D eigenvalue weighted by Crippen LogP contribution is -2.31. The van der Waals surface area contributed by atoms with Crippen LogP contribution < -0.4 is 14.9 Å². The van der Waals surface area contributed by atoms with Crippen LogP contribution in [0.25, 0.3) is 5.57 Å². The highest BCUT2D eigenvalue weighted by atomic mass is 17.2. The molecule has 2 aliphatic heterocycles. The number of amides is 1. The Hall–Kier alpha value is -4.09. The van der Waals surface area contributed by atoms with Crippen LogP contribution in [0.2, 0.25) is 0 Å². The van der Waals surface area contributed by atoms with Gasteiger partial charge in [0, 0.05) is 11.1 Å². The van der Waals surface area contributed by atoms with Crippen LogP contribution in [0.3, 0.4) is 0 Å². The van der Waals surface area contributed by atoms with E-state index in [2.05, 4.69) is 36.6 Å². The minimum absolute atomic E-state index is 0.0580. The number of carbonyl (C=O) groups excluding carboxylic acids is 1. The molecule has 174 valence electrons. The number of allylic oxidation sites excluding steroid dienone is 2. The molecule has 1 amide bonds. The Kier molecular flexibility index (Phi) is 6.39. The Balaban J connectivity index is 1.44. The first-order valence-corrected chi connectivity index (χ1v) is 11.0. The van der Waals surface area contributed by atoms with Crippen molar-refractivity contribution in [3.05, 3.63) is 77.6 Å². The predicted molar refractivity (Wildman–Crippen MR) is 132 cm³/mol. The molecule has 2 N–H and O–H groups in total. The van der Waals surface area contributed by atoms with E-state index in [1.807, 2.05) is 43.3 Å². The van der Waals surface area contributed by atoms with Crippen LogP contribution >= 0.6 is 0 Å². The summed E-state index contributed by atoms with van der Waals surface area (Å²) >= 11 is 0. The minimum atomic E-state index is -0.499. The lowest BCUT2D eigenvalue weighted by Gasteiger charge is -2.33. The summed E-state index contributed by atoms with van der Waals surface area (Å²) in [5, 5.41) is 10.4. The van der Waals surface area contributed by atoms with Gasteiger partial charge in [0.25, 0.3) is 5.91 Å². The lowest BCUT2D eigenvalue weighted by molar-refractivity contribution is -0.174. The van der Waals surface area contributed by atoms with Crippen LogP contribution in [0.4, 0.5) is 5.69 Å². The zero-order chi connectivity index (χ0) is 24.3. The highest BCUT2D eigenvalue weighted by molar-refractivity contribution is 6.36. The average Bonchev–Trinajstić information content (AvgIpc) is 3.18. The fourth-order valence-corrected chi connectivity index (χ4v) is 4.03. The van der Waals surface area contributed by atoms with Gasteiger partial charge in [-0.3, -0.25) is 20.0 Å². The molecule has 7 heteroatoms. The Morgan fingerprint density at radius 3 is 2.91 bits per heavy atom. The zero-order valence-corrected chi connectivity index (χ0v) is 19.5. The average molecular weight is 458 g/mol. The summed E-state index contributed by atoms with van der Waals surface area (Å²) in [7, 11) is 0. The molecule has 2 aliphatic rings. The van der Waals surface area contributed by atoms with Crippen molar-refractivity contribution in [3.8, 4) is 11.5 Å². The maximum Gasteiger partial charge on any atom is 0.292 e. The Labute approximate surface area is 198 Å². The summed E-state index contributed by atoms with van der Waals surface area (Å²) in [5.74, 6) is 3.21. The summed E-state index contributed by atoms with van der Waals surface area (Å²) in [6, 6.07) is 11.2. The molecule has 34 heavy (non-hydrogen) atoms. The minimum Gasteiger partial charge on any atom is -0.493 e. The van der Waals surface area contributed by atoms with Gasteiger partial charge in [0.2, 0.25) is 5.76 Å². The fraction of sp³-hybridized carbons (Fsp3) is 0.259. The first kappa shape index (κ1) is 23.1. The molecule has 4 rings (SSSR count). The highest BCUT2D eigenvalue weighted by Crippen LogP contribution is 2.42. The normalized spacial score (nSPS) is 15.8. The number of fused-ring (bicyclic) bond motifs is 2. The van der Waals surface area contributed by atoms with E-state index >= 15 is 0 Å². The molecule has 0 atom stereocenters. The molecule has 2 aromatic carbocycles. The van der Waals surface area contributed by atoms with Gasteiger partial charge in [-0.2, -0.15) is 0 Å². The van der Waals surface area contributed by atoms with Crippen molar-refractivity contribution >= 4 is 28.7 Å². The monoisotopic (exact) mass is 457 g/mol. The molecule has 0 aliphatic carbocycles. The third-order valence-electron chi connectivity index (χ3n) is 5.93. The second kappa shape index (κ2) is 9.41. The summed E-state index contributed by atoms with van der Waals surface area (Å²) in [6.45, 7) is 10.7. The summed E-state index contributed by atoms with van der Waals surface area (Å²) < 4.78 is 5.85. The maximum absolute atomic E-state index is 12.8. The SMILES string of the molecule is C=C/C=C(\OOc1cc(C)c2c(c1)C(C)(C)CCO2)C(=O)NCC1=Nc2ccccc2C1=C=N. The number of aryl methyl sites for hydroxylation is 1. The van der Waals surface area contributed by atoms with Crippen molar-refractivity contribution in [2.75, 3.05) is 13.2 Å². The van der Waals surface area contributed by atoms with Crippen molar-refractivity contribution in [1.29, 1.82) is 5.41 Å². The van der Waals surface area contributed by atoms with E-state index in [0.717, 1.165) is 34.5 Å². The van der Waals surface area contributed by atoms with E-state index in [9.17, 15) is 4.79 Å². The number of hydrogen-bond acceptors (Lipinski definition) is 6. The largest absolute Gasteiger partial charge is 0.493 e. The molecule has 0 radical (unpaired) electrons. The molecule has 0 spiro atoms. The highest BCUT2D eigenvalue weighted by Gasteiger charge is 2.31. The Morgan fingerprint density at radius 2 is 2.15 bits per heavy atom. The van der Waals surface area contributed by atoms with Crippen LogP contribution in [0.5, 0.6) is 11.5 Å². The maximum atomic E-state index is 12.8. The summed E-state index contributed by atoms with van der Waals surface area (Å²) in [5.41, 5.74) is 4.59. The number of ether oxygens (including phenoxy) is 1. The molecule has 0 fully saturated rings. The van der Waals surface area contributed by atoms with Crippen molar-refractivity contribution in [2.45, 2.75) is 32.6 Å². The van der Waals surface area contributed by atoms with Gasteiger partial charge < -0.3 is 10.1 Å². The van der Waals surface area contributed by atoms with E-state index in [1.165, 1.54) is 12.2 Å². The van der Waals surface area contributed by atoms with Crippen molar-refractivity contribution in [1.82, 2.24) is 5.32 Å². The molecule has 0 saturated carbocycles. The van der Waals surface area contributed by atoms with Crippen LogP contribution in [0, 0.1) is 12.3 Å². The molecule has 0 unspecified atom stereocenters. The zero-order valence-electron chi connectivity index (χ0n) is 19.5. The van der Waals surface area contributed by atoms with Crippen molar-refractivity contribution < 1.29 is 19.3 Å². The number of nitrogens with zero attached hydrogens (tertiary/aromatic N) is 1. The molecule has 2 aromatic rings. The van der Waals surface area contributed by atoms with Gasteiger partial charge in [-0.25, -0.2) is 4.99 Å². The lowest BCUT2D eigenvalue weighted by atomic mass is 9.79. The van der Waals surface area contributed by atoms with Gasteiger partial charge in [0.05, 0.1) is 30.1 Å². The van der Waals surface area contributed by atoms with E-state index in [4.69, 9.17) is 19.9 Å². The first-order valence-electron chi connectivity index (χ1n) is 11.0. The van der Waals surface area contributed by atoms with Crippen LogP contribution in [-0.4, -0.2) is 30.6 Å². The van der Waals surface area contributed by atoms with Crippen molar-refractivity contribution in [3.63, 3.8) is 0 Å². The standard InChI is InChI=1S/C27H27N3O4/c1-5-8-24(26(31)29-16-23-20(15-28)19-9-6-7-10-22(19)30-23)34-33-18-13-17(2)25-21(14-18)27(3,4)11-12-32-25/h5-10,13-14,28H,1,11-12,16H2,2-4H3,(H,29,31)/b24-8-. The Morgan fingerprint density at radius 1 is 1.35 bits per heavy atom. The van der Waals surface area contributed by atoms with Gasteiger partial charge in [-0.1, -0.05) is 44.7 Å². The van der Waals surface area contributed by atoms with Gasteiger partial charge in [-0.05, 0) is 54.5 Å². The van der Waals surface area contributed by atoms with Gasteiger partial charge >= 0.3 is 0 Å². The third kappa shape index (κ3) is 4.51. The van der Waals surface area contributed by atoms with E-state index in [1.54, 1.807) is 0 Å². The second-order valence-electron chi connectivity index (χ2n) is 8.79. The Bertz CT molecular complexity index is 1270. The fourth-order valence-electron chi connectivity index (χ4n) is 4.03. The smallest absolute Gasteiger partial charge is 0.292 e. The van der Waals surface area contributed by atoms with Crippen LogP contribution in [0.15, 0.2) is 65.9 Å². The number of nitrogens with one attached hydrogen (secondary N) is 2. The molecule has 7 nitrogen and oxygen atoms in total. The number of aliphatic imine (C=N–C) groups is 1. The van der Waals surface area contributed by atoms with Gasteiger partial charge in [0.15, 0.2) is 5.75 Å². The molecular formula is C27H27N3O4. The predicted octanol–water partition coefficient (Wildman–Crippen LogP) is 4.97. The molecule has 2 heterocycles. The molecular weight excluding hydrogens is 430 g/mol. The summed E-state index contributed by atoms with van der Waals surface area (Å²) in [4.78, 5) is 28.2. The molecule has 0 bridgehead atoms. The number of para-hydroxylation sites is 1. The van der Waals surface area contributed by atoms with Gasteiger partial charge in [-0.15, -0.1) is 0 Å². The number of benzene rings is 2. The van der Waals surface area contributed by atoms with Crippen LogP contribution in [0.1, 0.15) is 37.0 Å². The number of carbonyl (C=O) groups is 1. The quantitative estimate of drug-likeness (QED) is 0.153. The third-order valence-corrected chi connectivity index (χ3v) is 5.93. The van der Waals surface area contributed by atoms with E-state index in [0.29, 0.717) is 23.6 Å². The summed E-state index contributed by atoms with van der Waals surface area (Å²) in [6.07, 6.45) is 3.76. The van der Waals surface area contributed by atoms with Gasteiger partial charge in [0.1, 0.15) is 5.75 Å².